The summed E-state index contributed by atoms with van der Waals surface area (Å²) in [5.74, 6) is 0.129. The Morgan fingerprint density at radius 3 is 2.17 bits per heavy atom. The van der Waals surface area contributed by atoms with Crippen LogP contribution in [0.4, 0.5) is 0 Å². The molecule has 0 aliphatic carbocycles. The molecule has 0 aromatic carbocycles. The standard InChI is InChI=1S/C10H20N2/c1-6-12(10(3,4)5)8-9(2)7-11/h9H,6,8H2,1-5H3. The molecule has 0 amide bonds. The Morgan fingerprint density at radius 2 is 1.92 bits per heavy atom. The molecule has 70 valence electrons. The Bertz CT molecular complexity index is 162. The summed E-state index contributed by atoms with van der Waals surface area (Å²) in [6, 6.07) is 2.26. The van der Waals surface area contributed by atoms with Crippen LogP contribution in [0.15, 0.2) is 0 Å². The lowest BCUT2D eigenvalue weighted by atomic mass is 10.0. The molecule has 0 aliphatic heterocycles. The minimum Gasteiger partial charge on any atom is -0.297 e. The fourth-order valence-corrected chi connectivity index (χ4v) is 1.25. The SMILES string of the molecule is CCN(CC(C)C#N)C(C)(C)C. The Kier molecular flexibility index (Phi) is 4.26. The maximum absolute atomic E-state index is 8.67. The first-order valence-electron chi connectivity index (χ1n) is 4.56. The molecule has 0 bridgehead atoms. The second-order valence-electron chi connectivity index (χ2n) is 4.24. The van der Waals surface area contributed by atoms with Crippen LogP contribution in [0, 0.1) is 17.2 Å². The molecule has 0 saturated carbocycles. The van der Waals surface area contributed by atoms with Crippen molar-refractivity contribution < 1.29 is 0 Å². The van der Waals surface area contributed by atoms with Crippen LogP contribution in [-0.4, -0.2) is 23.5 Å². The lowest BCUT2D eigenvalue weighted by Crippen LogP contribution is -2.43. The van der Waals surface area contributed by atoms with Crippen molar-refractivity contribution in [2.75, 3.05) is 13.1 Å². The van der Waals surface area contributed by atoms with Crippen LogP contribution in [0.25, 0.3) is 0 Å². The van der Waals surface area contributed by atoms with Crippen molar-refractivity contribution >= 4 is 0 Å². The van der Waals surface area contributed by atoms with Gasteiger partial charge in [-0.2, -0.15) is 5.26 Å². The van der Waals surface area contributed by atoms with Gasteiger partial charge in [0.15, 0.2) is 0 Å². The summed E-state index contributed by atoms with van der Waals surface area (Å²) in [6.07, 6.45) is 0. The lowest BCUT2D eigenvalue weighted by molar-refractivity contribution is 0.134. The first kappa shape index (κ1) is 11.4. The van der Waals surface area contributed by atoms with E-state index in [0.717, 1.165) is 13.1 Å². The van der Waals surface area contributed by atoms with Crippen LogP contribution in [0.2, 0.25) is 0 Å². The van der Waals surface area contributed by atoms with Gasteiger partial charge in [-0.3, -0.25) is 4.90 Å². The van der Waals surface area contributed by atoms with Gasteiger partial charge < -0.3 is 0 Å². The molecule has 2 heteroatoms. The van der Waals surface area contributed by atoms with Crippen LogP contribution in [0.3, 0.4) is 0 Å². The van der Waals surface area contributed by atoms with E-state index < -0.39 is 0 Å². The second-order valence-corrected chi connectivity index (χ2v) is 4.24. The highest BCUT2D eigenvalue weighted by Crippen LogP contribution is 2.14. The highest BCUT2D eigenvalue weighted by molar-refractivity contribution is 4.85. The van der Waals surface area contributed by atoms with E-state index >= 15 is 0 Å². The predicted molar refractivity (Wildman–Crippen MR) is 51.8 cm³/mol. The molecule has 0 heterocycles. The predicted octanol–water partition coefficient (Wildman–Crippen LogP) is 2.27. The molecule has 0 aromatic heterocycles. The fourth-order valence-electron chi connectivity index (χ4n) is 1.25. The Hall–Kier alpha value is -0.550. The minimum absolute atomic E-state index is 0.129. The maximum Gasteiger partial charge on any atom is 0.0666 e. The van der Waals surface area contributed by atoms with Gasteiger partial charge in [0.1, 0.15) is 0 Å². The van der Waals surface area contributed by atoms with Crippen LogP contribution < -0.4 is 0 Å². The van der Waals surface area contributed by atoms with Crippen LogP contribution in [-0.2, 0) is 0 Å². The van der Waals surface area contributed by atoms with Gasteiger partial charge in [0.2, 0.25) is 0 Å². The zero-order valence-corrected chi connectivity index (χ0v) is 8.89. The molecule has 0 radical (unpaired) electrons. The van der Waals surface area contributed by atoms with E-state index in [1.165, 1.54) is 0 Å². The van der Waals surface area contributed by atoms with Crippen molar-refractivity contribution in [1.29, 1.82) is 5.26 Å². The molecular weight excluding hydrogens is 148 g/mol. The third-order valence-corrected chi connectivity index (χ3v) is 2.05. The van der Waals surface area contributed by atoms with Gasteiger partial charge in [0.25, 0.3) is 0 Å². The van der Waals surface area contributed by atoms with E-state index in [0.29, 0.717) is 0 Å². The van der Waals surface area contributed by atoms with Crippen molar-refractivity contribution in [2.45, 2.75) is 40.2 Å². The average Bonchev–Trinajstić information content (AvgIpc) is 1.97. The zero-order valence-electron chi connectivity index (χ0n) is 8.89. The Balaban J connectivity index is 4.11. The van der Waals surface area contributed by atoms with Crippen molar-refractivity contribution in [1.82, 2.24) is 4.90 Å². The van der Waals surface area contributed by atoms with E-state index in [1.807, 2.05) is 6.92 Å². The second kappa shape index (κ2) is 4.47. The molecule has 0 fully saturated rings. The summed E-state index contributed by atoms with van der Waals surface area (Å²) >= 11 is 0. The largest absolute Gasteiger partial charge is 0.297 e. The van der Waals surface area contributed by atoms with Crippen molar-refractivity contribution in [2.24, 2.45) is 5.92 Å². The molecule has 0 aromatic rings. The van der Waals surface area contributed by atoms with Gasteiger partial charge in [-0.15, -0.1) is 0 Å². The van der Waals surface area contributed by atoms with Gasteiger partial charge in [-0.05, 0) is 34.2 Å². The summed E-state index contributed by atoms with van der Waals surface area (Å²) in [5.41, 5.74) is 0.180. The first-order chi connectivity index (χ1) is 5.41. The molecule has 0 aliphatic rings. The molecule has 0 spiro atoms. The fraction of sp³-hybridized carbons (Fsp3) is 0.900. The number of nitrogens with zero attached hydrogens (tertiary/aromatic N) is 2. The average molecular weight is 168 g/mol. The smallest absolute Gasteiger partial charge is 0.0666 e. The summed E-state index contributed by atoms with van der Waals surface area (Å²) < 4.78 is 0. The number of hydrogen-bond acceptors (Lipinski definition) is 2. The zero-order chi connectivity index (χ0) is 9.78. The number of nitriles is 1. The van der Waals surface area contributed by atoms with Gasteiger partial charge >= 0.3 is 0 Å². The van der Waals surface area contributed by atoms with Gasteiger partial charge in [0, 0.05) is 12.1 Å². The number of rotatable bonds is 3. The highest BCUT2D eigenvalue weighted by atomic mass is 15.2. The van der Waals surface area contributed by atoms with E-state index in [9.17, 15) is 0 Å². The van der Waals surface area contributed by atoms with E-state index in [-0.39, 0.29) is 11.5 Å². The molecule has 1 atom stereocenters. The molecule has 0 N–H and O–H groups in total. The summed E-state index contributed by atoms with van der Waals surface area (Å²) in [4.78, 5) is 2.32. The van der Waals surface area contributed by atoms with Crippen LogP contribution >= 0.6 is 0 Å². The summed E-state index contributed by atoms with van der Waals surface area (Å²) in [7, 11) is 0. The minimum atomic E-state index is 0.129. The lowest BCUT2D eigenvalue weighted by Gasteiger charge is -2.35. The summed E-state index contributed by atoms with van der Waals surface area (Å²) in [5, 5.41) is 8.67. The highest BCUT2D eigenvalue weighted by Gasteiger charge is 2.20. The van der Waals surface area contributed by atoms with Crippen molar-refractivity contribution in [3.05, 3.63) is 0 Å². The van der Waals surface area contributed by atoms with Crippen LogP contribution in [0.5, 0.6) is 0 Å². The molecule has 1 unspecified atom stereocenters. The number of hydrogen-bond donors (Lipinski definition) is 0. The van der Waals surface area contributed by atoms with Gasteiger partial charge in [0.05, 0.1) is 12.0 Å². The van der Waals surface area contributed by atoms with Gasteiger partial charge in [-0.25, -0.2) is 0 Å². The third-order valence-electron chi connectivity index (χ3n) is 2.05. The van der Waals surface area contributed by atoms with Gasteiger partial charge in [-0.1, -0.05) is 6.92 Å². The monoisotopic (exact) mass is 168 g/mol. The molecular formula is C10H20N2. The molecule has 0 saturated heterocycles. The van der Waals surface area contributed by atoms with Crippen molar-refractivity contribution in [3.63, 3.8) is 0 Å². The van der Waals surface area contributed by atoms with Crippen LogP contribution in [0.1, 0.15) is 34.6 Å². The van der Waals surface area contributed by atoms with E-state index in [4.69, 9.17) is 5.26 Å². The van der Waals surface area contributed by atoms with E-state index in [1.54, 1.807) is 0 Å². The topological polar surface area (TPSA) is 27.0 Å². The summed E-state index contributed by atoms with van der Waals surface area (Å²) in [6.45, 7) is 12.5. The van der Waals surface area contributed by atoms with Crippen molar-refractivity contribution in [3.8, 4) is 6.07 Å². The van der Waals surface area contributed by atoms with E-state index in [2.05, 4.69) is 38.7 Å². The third kappa shape index (κ3) is 3.73. The first-order valence-corrected chi connectivity index (χ1v) is 4.56. The normalized spacial score (nSPS) is 14.4. The quantitative estimate of drug-likeness (QED) is 0.646. The Labute approximate surface area is 76.2 Å². The molecule has 12 heavy (non-hydrogen) atoms. The maximum atomic E-state index is 8.67. The Morgan fingerprint density at radius 1 is 1.42 bits per heavy atom. The molecule has 2 nitrogen and oxygen atoms in total. The molecule has 0 rings (SSSR count).